The SMILES string of the molecule is C[O][Zr]([CH2]C(C)O)([CH2]C(C)O)[O]C. The molecule has 0 saturated carbocycles. The van der Waals surface area contributed by atoms with Crippen molar-refractivity contribution in [3.63, 3.8) is 0 Å². The fourth-order valence-electron chi connectivity index (χ4n) is 1.40. The molecule has 0 aromatic heterocycles. The molecule has 80 valence electrons. The van der Waals surface area contributed by atoms with Crippen molar-refractivity contribution >= 4 is 0 Å². The summed E-state index contributed by atoms with van der Waals surface area (Å²) < 4.78 is 11.9. The van der Waals surface area contributed by atoms with Gasteiger partial charge in [-0.2, -0.15) is 0 Å². The van der Waals surface area contributed by atoms with E-state index in [1.165, 1.54) is 0 Å². The summed E-state index contributed by atoms with van der Waals surface area (Å²) in [5.41, 5.74) is 0. The second kappa shape index (κ2) is 6.25. The maximum absolute atomic E-state index is 9.27. The number of hydrogen-bond acceptors (Lipinski definition) is 4. The Hall–Kier alpha value is 0.723. The Balaban J connectivity index is 4.30. The molecule has 0 heterocycles. The average molecular weight is 271 g/mol. The summed E-state index contributed by atoms with van der Waals surface area (Å²) in [6, 6.07) is 0. The molecule has 0 spiro atoms. The second-order valence-corrected chi connectivity index (χ2v) is 11.9. The minimum atomic E-state index is -3.14. The zero-order chi connectivity index (χ0) is 10.5. The van der Waals surface area contributed by atoms with Gasteiger partial charge in [0.15, 0.2) is 0 Å². The standard InChI is InChI=1S/2C3H7O.2CH3O.Zr/c2*1-3(2)4;2*1-2;/h2*3-4H,1H2,2H3;2*1H3;/q;;2*-1;+2. The Morgan fingerprint density at radius 3 is 1.46 bits per heavy atom. The molecular formula is C8H20O4Zr. The van der Waals surface area contributed by atoms with E-state index in [0.717, 1.165) is 0 Å². The van der Waals surface area contributed by atoms with E-state index in [1.807, 2.05) is 0 Å². The van der Waals surface area contributed by atoms with Crippen molar-refractivity contribution in [2.75, 3.05) is 14.2 Å². The third-order valence-corrected chi connectivity index (χ3v) is 11.6. The number of hydrogen-bond donors (Lipinski definition) is 2. The summed E-state index contributed by atoms with van der Waals surface area (Å²) in [6.45, 7) is 3.43. The van der Waals surface area contributed by atoms with Crippen molar-refractivity contribution in [3.05, 3.63) is 0 Å². The van der Waals surface area contributed by atoms with Crippen LogP contribution in [0.4, 0.5) is 0 Å². The van der Waals surface area contributed by atoms with Crippen LogP contribution in [-0.4, -0.2) is 36.6 Å². The quantitative estimate of drug-likeness (QED) is 0.752. The zero-order valence-corrected chi connectivity index (χ0v) is 11.2. The van der Waals surface area contributed by atoms with Gasteiger partial charge in [0, 0.05) is 0 Å². The monoisotopic (exact) mass is 270 g/mol. The molecule has 2 unspecified atom stereocenters. The van der Waals surface area contributed by atoms with Crippen LogP contribution in [0.1, 0.15) is 13.8 Å². The van der Waals surface area contributed by atoms with Crippen LogP contribution in [0.25, 0.3) is 0 Å². The Morgan fingerprint density at radius 1 is 1.00 bits per heavy atom. The fraction of sp³-hybridized carbons (Fsp3) is 1.00. The van der Waals surface area contributed by atoms with Crippen molar-refractivity contribution in [3.8, 4) is 0 Å². The van der Waals surface area contributed by atoms with Crippen molar-refractivity contribution in [2.24, 2.45) is 0 Å². The third kappa shape index (κ3) is 5.23. The van der Waals surface area contributed by atoms with Gasteiger partial charge in [-0.15, -0.1) is 0 Å². The molecule has 0 fully saturated rings. The van der Waals surface area contributed by atoms with Crippen molar-refractivity contribution < 1.29 is 37.0 Å². The van der Waals surface area contributed by atoms with Crippen molar-refractivity contribution in [2.45, 2.75) is 34.3 Å². The topological polar surface area (TPSA) is 58.9 Å². The molecule has 13 heavy (non-hydrogen) atoms. The van der Waals surface area contributed by atoms with Crippen LogP contribution in [0.15, 0.2) is 0 Å². The molecule has 0 aromatic carbocycles. The van der Waals surface area contributed by atoms with Gasteiger partial charge in [0.05, 0.1) is 0 Å². The zero-order valence-electron chi connectivity index (χ0n) is 8.78. The van der Waals surface area contributed by atoms with E-state index < -0.39 is 33.4 Å². The molecule has 0 saturated heterocycles. The molecular weight excluding hydrogens is 251 g/mol. The molecule has 0 aliphatic rings. The van der Waals surface area contributed by atoms with Crippen LogP contribution in [0.2, 0.25) is 8.26 Å². The molecule has 0 radical (unpaired) electrons. The second-order valence-electron chi connectivity index (χ2n) is 3.43. The van der Waals surface area contributed by atoms with Gasteiger partial charge in [0.2, 0.25) is 0 Å². The predicted molar refractivity (Wildman–Crippen MR) is 47.0 cm³/mol. The summed E-state index contributed by atoms with van der Waals surface area (Å²) in [7, 11) is 3.20. The van der Waals surface area contributed by atoms with Crippen molar-refractivity contribution in [1.29, 1.82) is 0 Å². The van der Waals surface area contributed by atoms with Gasteiger partial charge >= 0.3 is 85.5 Å². The van der Waals surface area contributed by atoms with Gasteiger partial charge in [-0.25, -0.2) is 0 Å². The van der Waals surface area contributed by atoms with Gasteiger partial charge in [-0.1, -0.05) is 0 Å². The summed E-state index contributed by atoms with van der Waals surface area (Å²) in [5, 5.41) is 18.5. The van der Waals surface area contributed by atoms with Gasteiger partial charge < -0.3 is 0 Å². The van der Waals surface area contributed by atoms with E-state index >= 15 is 0 Å². The predicted octanol–water partition coefficient (Wildman–Crippen LogP) is 0.861. The van der Waals surface area contributed by atoms with Crippen LogP contribution < -0.4 is 0 Å². The first-order chi connectivity index (χ1) is 5.95. The molecule has 0 aliphatic heterocycles. The third-order valence-electron chi connectivity index (χ3n) is 1.96. The summed E-state index contributed by atoms with van der Waals surface area (Å²) in [5.74, 6) is 0. The van der Waals surface area contributed by atoms with Crippen LogP contribution >= 0.6 is 0 Å². The Labute approximate surface area is 85.5 Å². The van der Waals surface area contributed by atoms with E-state index in [1.54, 1.807) is 28.1 Å². The van der Waals surface area contributed by atoms with Crippen LogP contribution in [0.3, 0.4) is 0 Å². The van der Waals surface area contributed by atoms with E-state index in [9.17, 15) is 10.2 Å². The number of aliphatic hydroxyl groups is 2. The Morgan fingerprint density at radius 2 is 1.31 bits per heavy atom. The summed E-state index contributed by atoms with van der Waals surface area (Å²) in [6.07, 6.45) is -0.844. The van der Waals surface area contributed by atoms with Gasteiger partial charge in [-0.3, -0.25) is 0 Å². The summed E-state index contributed by atoms with van der Waals surface area (Å²) >= 11 is -3.14. The van der Waals surface area contributed by atoms with E-state index in [4.69, 9.17) is 5.63 Å². The molecule has 0 amide bonds. The molecule has 2 atom stereocenters. The summed E-state index contributed by atoms with van der Waals surface area (Å²) in [4.78, 5) is 0. The molecule has 0 aliphatic carbocycles. The molecule has 0 rings (SSSR count). The minimum absolute atomic E-state index is 0.422. The maximum atomic E-state index is 9.27. The van der Waals surface area contributed by atoms with E-state index in [2.05, 4.69) is 0 Å². The van der Waals surface area contributed by atoms with Crippen LogP contribution in [0.5, 0.6) is 0 Å². The molecule has 0 aromatic rings. The first kappa shape index (κ1) is 13.7. The van der Waals surface area contributed by atoms with Gasteiger partial charge in [-0.05, 0) is 0 Å². The molecule has 0 bridgehead atoms. The van der Waals surface area contributed by atoms with Crippen LogP contribution in [0, 0.1) is 0 Å². The van der Waals surface area contributed by atoms with E-state index in [0.29, 0.717) is 8.26 Å². The molecule has 4 nitrogen and oxygen atoms in total. The first-order valence-corrected chi connectivity index (χ1v) is 9.90. The molecule has 5 heteroatoms. The number of aliphatic hydroxyl groups excluding tert-OH is 2. The first-order valence-electron chi connectivity index (χ1n) is 4.42. The fourth-order valence-corrected chi connectivity index (χ4v) is 8.28. The van der Waals surface area contributed by atoms with E-state index in [-0.39, 0.29) is 0 Å². The van der Waals surface area contributed by atoms with Gasteiger partial charge in [0.1, 0.15) is 0 Å². The Bertz CT molecular complexity index is 122. The van der Waals surface area contributed by atoms with Crippen molar-refractivity contribution in [1.82, 2.24) is 0 Å². The van der Waals surface area contributed by atoms with Crippen LogP contribution in [-0.2, 0) is 26.8 Å². The Kier molecular flexibility index (Phi) is 6.60. The number of rotatable bonds is 6. The van der Waals surface area contributed by atoms with Gasteiger partial charge in [0.25, 0.3) is 0 Å². The molecule has 2 N–H and O–H groups in total. The average Bonchev–Trinajstić information content (AvgIpc) is 2.01. The normalized spacial score (nSPS) is 17.1.